The fourth-order valence-electron chi connectivity index (χ4n) is 2.79. The molecule has 1 atom stereocenters. The second kappa shape index (κ2) is 12.4. The molecule has 7 heteroatoms. The standard InChI is InChI=1S/C20H33N3O4/c1-4-21-20(22-10-6-11-25-14-16-9-12-26-15-16)23-17-7-8-18(27-5-2)19(13-17)24-3/h7-8,13,16H,4-6,9-12,14-15H2,1-3H3,(H2,21,22,23). The molecule has 1 heterocycles. The van der Waals surface area contributed by atoms with Crippen LogP contribution < -0.4 is 20.1 Å². The van der Waals surface area contributed by atoms with E-state index >= 15 is 0 Å². The summed E-state index contributed by atoms with van der Waals surface area (Å²) in [6.45, 7) is 9.29. The molecule has 2 rings (SSSR count). The van der Waals surface area contributed by atoms with Crippen LogP contribution in [0.1, 0.15) is 26.7 Å². The Morgan fingerprint density at radius 3 is 2.89 bits per heavy atom. The molecule has 0 spiro atoms. The molecule has 1 aliphatic rings. The topological polar surface area (TPSA) is 73.3 Å². The van der Waals surface area contributed by atoms with Crippen molar-refractivity contribution in [3.8, 4) is 11.5 Å². The summed E-state index contributed by atoms with van der Waals surface area (Å²) in [7, 11) is 1.64. The van der Waals surface area contributed by atoms with Crippen molar-refractivity contribution >= 4 is 11.6 Å². The molecule has 1 fully saturated rings. The second-order valence-electron chi connectivity index (χ2n) is 6.34. The Morgan fingerprint density at radius 2 is 2.19 bits per heavy atom. The molecular formula is C20H33N3O4. The number of nitrogens with one attached hydrogen (secondary N) is 2. The van der Waals surface area contributed by atoms with Crippen LogP contribution in [0.4, 0.5) is 5.69 Å². The van der Waals surface area contributed by atoms with E-state index in [0.29, 0.717) is 24.8 Å². The van der Waals surface area contributed by atoms with Gasteiger partial charge in [0.1, 0.15) is 0 Å². The van der Waals surface area contributed by atoms with Crippen molar-refractivity contribution in [2.75, 3.05) is 58.6 Å². The number of aliphatic imine (C=N–C) groups is 1. The lowest BCUT2D eigenvalue weighted by Gasteiger charge is -2.14. The minimum atomic E-state index is 0.558. The third-order valence-corrected chi connectivity index (χ3v) is 4.16. The van der Waals surface area contributed by atoms with Gasteiger partial charge in [-0.2, -0.15) is 0 Å². The number of methoxy groups -OCH3 is 1. The van der Waals surface area contributed by atoms with E-state index in [1.54, 1.807) is 7.11 Å². The third kappa shape index (κ3) is 7.64. The number of guanidine groups is 1. The van der Waals surface area contributed by atoms with Gasteiger partial charge in [-0.15, -0.1) is 0 Å². The zero-order valence-corrected chi connectivity index (χ0v) is 16.8. The Morgan fingerprint density at radius 1 is 1.30 bits per heavy atom. The van der Waals surface area contributed by atoms with E-state index in [9.17, 15) is 0 Å². The molecule has 0 radical (unpaired) electrons. The van der Waals surface area contributed by atoms with Crippen LogP contribution >= 0.6 is 0 Å². The van der Waals surface area contributed by atoms with Crippen LogP contribution in [-0.4, -0.2) is 59.2 Å². The highest BCUT2D eigenvalue weighted by atomic mass is 16.5. The Labute approximate surface area is 162 Å². The predicted molar refractivity (Wildman–Crippen MR) is 108 cm³/mol. The zero-order chi connectivity index (χ0) is 19.3. The van der Waals surface area contributed by atoms with E-state index in [1.807, 2.05) is 32.0 Å². The molecular weight excluding hydrogens is 346 g/mol. The number of nitrogens with zero attached hydrogens (tertiary/aromatic N) is 1. The van der Waals surface area contributed by atoms with E-state index in [0.717, 1.165) is 63.2 Å². The SMILES string of the molecule is CCNC(=NCCCOCC1CCOC1)Nc1ccc(OCC)c(OC)c1. The van der Waals surface area contributed by atoms with Gasteiger partial charge >= 0.3 is 0 Å². The second-order valence-corrected chi connectivity index (χ2v) is 6.34. The molecule has 1 aromatic rings. The lowest BCUT2D eigenvalue weighted by atomic mass is 10.1. The summed E-state index contributed by atoms with van der Waals surface area (Å²) in [6, 6.07) is 5.76. The summed E-state index contributed by atoms with van der Waals surface area (Å²) in [5.41, 5.74) is 0.896. The van der Waals surface area contributed by atoms with Crippen molar-refractivity contribution in [2.24, 2.45) is 10.9 Å². The van der Waals surface area contributed by atoms with Crippen LogP contribution in [0, 0.1) is 5.92 Å². The van der Waals surface area contributed by atoms with Gasteiger partial charge in [0.2, 0.25) is 0 Å². The van der Waals surface area contributed by atoms with Gasteiger partial charge in [-0.25, -0.2) is 0 Å². The molecule has 0 aromatic heterocycles. The summed E-state index contributed by atoms with van der Waals surface area (Å²) in [5, 5.41) is 6.56. The molecule has 0 saturated carbocycles. The zero-order valence-electron chi connectivity index (χ0n) is 16.8. The number of hydrogen-bond donors (Lipinski definition) is 2. The van der Waals surface area contributed by atoms with Gasteiger partial charge in [0.25, 0.3) is 0 Å². The van der Waals surface area contributed by atoms with Crippen LogP contribution in [-0.2, 0) is 9.47 Å². The maximum atomic E-state index is 5.72. The predicted octanol–water partition coefficient (Wildman–Crippen LogP) is 2.91. The molecule has 0 bridgehead atoms. The molecule has 1 aromatic carbocycles. The molecule has 1 saturated heterocycles. The Balaban J connectivity index is 1.80. The van der Waals surface area contributed by atoms with Crippen LogP contribution in [0.25, 0.3) is 0 Å². The largest absolute Gasteiger partial charge is 0.493 e. The van der Waals surface area contributed by atoms with E-state index in [2.05, 4.69) is 15.6 Å². The highest BCUT2D eigenvalue weighted by Gasteiger charge is 2.15. The van der Waals surface area contributed by atoms with E-state index in [4.69, 9.17) is 18.9 Å². The number of ether oxygens (including phenoxy) is 4. The van der Waals surface area contributed by atoms with E-state index < -0.39 is 0 Å². The first-order valence-corrected chi connectivity index (χ1v) is 9.78. The molecule has 0 amide bonds. The fraction of sp³-hybridized carbons (Fsp3) is 0.650. The normalized spacial score (nSPS) is 17.0. The van der Waals surface area contributed by atoms with Crippen molar-refractivity contribution in [2.45, 2.75) is 26.7 Å². The highest BCUT2D eigenvalue weighted by molar-refractivity contribution is 5.93. The first-order valence-electron chi connectivity index (χ1n) is 9.78. The summed E-state index contributed by atoms with van der Waals surface area (Å²) in [5.74, 6) is 2.73. The number of hydrogen-bond acceptors (Lipinski definition) is 5. The van der Waals surface area contributed by atoms with Crippen LogP contribution in [0.5, 0.6) is 11.5 Å². The molecule has 27 heavy (non-hydrogen) atoms. The van der Waals surface area contributed by atoms with Gasteiger partial charge < -0.3 is 29.6 Å². The van der Waals surface area contributed by atoms with Gasteiger partial charge in [-0.1, -0.05) is 0 Å². The van der Waals surface area contributed by atoms with Gasteiger partial charge in [0.05, 0.1) is 26.9 Å². The van der Waals surface area contributed by atoms with Gasteiger partial charge in [0, 0.05) is 44.0 Å². The van der Waals surface area contributed by atoms with Crippen molar-refractivity contribution in [3.05, 3.63) is 18.2 Å². The fourth-order valence-corrected chi connectivity index (χ4v) is 2.79. The number of anilines is 1. The summed E-state index contributed by atoms with van der Waals surface area (Å²) in [6.07, 6.45) is 1.99. The summed E-state index contributed by atoms with van der Waals surface area (Å²) < 4.78 is 22.0. The van der Waals surface area contributed by atoms with Crippen LogP contribution in [0.15, 0.2) is 23.2 Å². The lowest BCUT2D eigenvalue weighted by molar-refractivity contribution is 0.0893. The van der Waals surface area contributed by atoms with E-state index in [-0.39, 0.29) is 0 Å². The van der Waals surface area contributed by atoms with Crippen LogP contribution in [0.2, 0.25) is 0 Å². The Hall–Kier alpha value is -1.99. The van der Waals surface area contributed by atoms with Crippen molar-refractivity contribution in [1.82, 2.24) is 5.32 Å². The summed E-state index contributed by atoms with van der Waals surface area (Å²) in [4.78, 5) is 4.61. The van der Waals surface area contributed by atoms with Crippen molar-refractivity contribution in [1.29, 1.82) is 0 Å². The molecule has 1 aliphatic heterocycles. The monoisotopic (exact) mass is 379 g/mol. The molecule has 2 N–H and O–H groups in total. The van der Waals surface area contributed by atoms with E-state index in [1.165, 1.54) is 0 Å². The summed E-state index contributed by atoms with van der Waals surface area (Å²) >= 11 is 0. The molecule has 1 unspecified atom stereocenters. The number of benzene rings is 1. The first kappa shape index (κ1) is 21.3. The molecule has 152 valence electrons. The molecule has 0 aliphatic carbocycles. The maximum Gasteiger partial charge on any atom is 0.195 e. The van der Waals surface area contributed by atoms with Crippen molar-refractivity contribution in [3.63, 3.8) is 0 Å². The molecule has 7 nitrogen and oxygen atoms in total. The smallest absolute Gasteiger partial charge is 0.195 e. The Bertz CT molecular complexity index is 574. The lowest BCUT2D eigenvalue weighted by Crippen LogP contribution is -2.30. The first-order chi connectivity index (χ1) is 13.3. The quantitative estimate of drug-likeness (QED) is 0.350. The van der Waals surface area contributed by atoms with Crippen LogP contribution in [0.3, 0.4) is 0 Å². The third-order valence-electron chi connectivity index (χ3n) is 4.16. The average molecular weight is 380 g/mol. The van der Waals surface area contributed by atoms with Gasteiger partial charge in [-0.3, -0.25) is 4.99 Å². The number of rotatable bonds is 11. The van der Waals surface area contributed by atoms with Crippen molar-refractivity contribution < 1.29 is 18.9 Å². The van der Waals surface area contributed by atoms with Gasteiger partial charge in [-0.05, 0) is 38.8 Å². The minimum Gasteiger partial charge on any atom is -0.493 e. The highest BCUT2D eigenvalue weighted by Crippen LogP contribution is 2.30. The average Bonchev–Trinajstić information content (AvgIpc) is 3.19. The maximum absolute atomic E-state index is 5.72. The Kier molecular flexibility index (Phi) is 9.79. The van der Waals surface area contributed by atoms with Gasteiger partial charge in [0.15, 0.2) is 17.5 Å². The minimum absolute atomic E-state index is 0.558.